The zero-order valence-corrected chi connectivity index (χ0v) is 5.56. The minimum Gasteiger partial charge on any atom is -0.355 e. The summed E-state index contributed by atoms with van der Waals surface area (Å²) in [5, 5.41) is 1.96. The highest BCUT2D eigenvalue weighted by Crippen LogP contribution is 2.01. The smallest absolute Gasteiger partial charge is 0.221 e. The molecule has 1 unspecified atom stereocenters. The molecule has 1 aliphatic rings. The predicted molar refractivity (Wildman–Crippen MR) is 31.7 cm³/mol. The molecule has 0 bridgehead atoms. The van der Waals surface area contributed by atoms with Crippen molar-refractivity contribution in [3.05, 3.63) is 0 Å². The van der Waals surface area contributed by atoms with E-state index in [9.17, 15) is 13.2 Å². The fourth-order valence-corrected chi connectivity index (χ4v) is 1.29. The molecular formula is C4H7NO3S. The molecule has 52 valence electrons. The van der Waals surface area contributed by atoms with Crippen LogP contribution in [0.15, 0.2) is 0 Å². The van der Waals surface area contributed by atoms with Crippen molar-refractivity contribution in [2.45, 2.75) is 11.7 Å². The monoisotopic (exact) mass is 149 g/mol. The molecule has 1 saturated heterocycles. The van der Waals surface area contributed by atoms with Crippen molar-refractivity contribution in [1.29, 1.82) is 0 Å². The van der Waals surface area contributed by atoms with Crippen molar-refractivity contribution in [3.63, 3.8) is 0 Å². The van der Waals surface area contributed by atoms with Crippen molar-refractivity contribution < 1.29 is 13.2 Å². The molecule has 1 heterocycles. The SMILES string of the molecule is O=C1CC([SH](=O)=O)CN1. The van der Waals surface area contributed by atoms with Gasteiger partial charge in [-0.15, -0.1) is 0 Å². The van der Waals surface area contributed by atoms with E-state index in [1.807, 2.05) is 0 Å². The van der Waals surface area contributed by atoms with Crippen molar-refractivity contribution in [2.24, 2.45) is 0 Å². The molecule has 0 aromatic heterocycles. The van der Waals surface area contributed by atoms with Crippen molar-refractivity contribution in [1.82, 2.24) is 5.32 Å². The predicted octanol–water partition coefficient (Wildman–Crippen LogP) is -1.51. The first-order valence-electron chi connectivity index (χ1n) is 2.60. The average Bonchev–Trinajstić information content (AvgIpc) is 2.14. The van der Waals surface area contributed by atoms with Gasteiger partial charge in [-0.25, -0.2) is 8.42 Å². The van der Waals surface area contributed by atoms with E-state index in [1.165, 1.54) is 0 Å². The lowest BCUT2D eigenvalue weighted by Gasteiger charge is -1.90. The van der Waals surface area contributed by atoms with E-state index >= 15 is 0 Å². The maximum atomic E-state index is 10.4. The van der Waals surface area contributed by atoms with E-state index in [1.54, 1.807) is 0 Å². The maximum Gasteiger partial charge on any atom is 0.221 e. The molecule has 1 rings (SSSR count). The molecule has 5 heteroatoms. The van der Waals surface area contributed by atoms with Crippen LogP contribution in [0.4, 0.5) is 0 Å². The highest BCUT2D eigenvalue weighted by molar-refractivity contribution is 7.73. The summed E-state index contributed by atoms with van der Waals surface area (Å²) >= 11 is 0. The fourth-order valence-electron chi connectivity index (χ4n) is 0.739. The third-order valence-corrected chi connectivity index (χ3v) is 2.22. The molecule has 0 saturated carbocycles. The molecular weight excluding hydrogens is 142 g/mol. The molecule has 0 spiro atoms. The zero-order chi connectivity index (χ0) is 6.85. The number of carbonyl (C=O) groups is 1. The van der Waals surface area contributed by atoms with Crippen LogP contribution in [-0.2, 0) is 15.5 Å². The minimum atomic E-state index is -2.41. The van der Waals surface area contributed by atoms with Crippen LogP contribution in [-0.4, -0.2) is 26.1 Å². The van der Waals surface area contributed by atoms with Gasteiger partial charge in [-0.2, -0.15) is 0 Å². The normalized spacial score (nSPS) is 26.8. The van der Waals surface area contributed by atoms with Crippen LogP contribution in [0, 0.1) is 0 Å². The Morgan fingerprint density at radius 2 is 2.22 bits per heavy atom. The summed E-state index contributed by atoms with van der Waals surface area (Å²) in [5.74, 6) is -0.167. The summed E-state index contributed by atoms with van der Waals surface area (Å²) in [6.45, 7) is 0.289. The summed E-state index contributed by atoms with van der Waals surface area (Å²) in [5.41, 5.74) is 0. The summed E-state index contributed by atoms with van der Waals surface area (Å²) in [7, 11) is -2.41. The van der Waals surface area contributed by atoms with Gasteiger partial charge in [-0.3, -0.25) is 4.79 Å². The number of nitrogens with one attached hydrogen (secondary N) is 1. The Hall–Kier alpha value is -0.580. The molecule has 1 aliphatic heterocycles. The number of amides is 1. The number of hydrogen-bond acceptors (Lipinski definition) is 3. The van der Waals surface area contributed by atoms with Gasteiger partial charge in [0.05, 0.1) is 5.25 Å². The Labute approximate surface area is 54.2 Å². The Kier molecular flexibility index (Phi) is 1.70. The van der Waals surface area contributed by atoms with Crippen molar-refractivity contribution in [3.8, 4) is 0 Å². The maximum absolute atomic E-state index is 10.4. The molecule has 1 fully saturated rings. The summed E-state index contributed by atoms with van der Waals surface area (Å²) in [4.78, 5) is 10.4. The minimum absolute atomic E-state index is 0.138. The van der Waals surface area contributed by atoms with Crippen LogP contribution >= 0.6 is 0 Å². The quantitative estimate of drug-likeness (QED) is 0.445. The summed E-state index contributed by atoms with van der Waals surface area (Å²) in [6.07, 6.45) is 0.138. The van der Waals surface area contributed by atoms with E-state index in [4.69, 9.17) is 0 Å². The first kappa shape index (κ1) is 6.54. The van der Waals surface area contributed by atoms with Gasteiger partial charge in [0.25, 0.3) is 0 Å². The van der Waals surface area contributed by atoms with Crippen molar-refractivity contribution >= 4 is 16.6 Å². The topological polar surface area (TPSA) is 63.2 Å². The molecule has 0 radical (unpaired) electrons. The molecule has 1 N–H and O–H groups in total. The van der Waals surface area contributed by atoms with Crippen LogP contribution in [0.25, 0.3) is 0 Å². The van der Waals surface area contributed by atoms with E-state index in [0.29, 0.717) is 0 Å². The van der Waals surface area contributed by atoms with Gasteiger partial charge >= 0.3 is 0 Å². The molecule has 4 nitrogen and oxygen atoms in total. The highest BCUT2D eigenvalue weighted by atomic mass is 32.2. The molecule has 9 heavy (non-hydrogen) atoms. The van der Waals surface area contributed by atoms with Crippen molar-refractivity contribution in [2.75, 3.05) is 6.54 Å². The van der Waals surface area contributed by atoms with Gasteiger partial charge in [-0.1, -0.05) is 0 Å². The van der Waals surface area contributed by atoms with Crippen LogP contribution in [0.5, 0.6) is 0 Å². The highest BCUT2D eigenvalue weighted by Gasteiger charge is 2.23. The van der Waals surface area contributed by atoms with E-state index in [-0.39, 0.29) is 18.9 Å². The van der Waals surface area contributed by atoms with E-state index in [0.717, 1.165) is 0 Å². The number of rotatable bonds is 1. The second-order valence-corrected chi connectivity index (χ2v) is 3.25. The Morgan fingerprint density at radius 1 is 1.56 bits per heavy atom. The van der Waals surface area contributed by atoms with Crippen LogP contribution in [0.1, 0.15) is 6.42 Å². The van der Waals surface area contributed by atoms with E-state index in [2.05, 4.69) is 5.32 Å². The third-order valence-electron chi connectivity index (χ3n) is 1.25. The summed E-state index contributed by atoms with van der Waals surface area (Å²) < 4.78 is 20.4. The van der Waals surface area contributed by atoms with Crippen LogP contribution < -0.4 is 5.32 Å². The van der Waals surface area contributed by atoms with Gasteiger partial charge < -0.3 is 5.32 Å². The zero-order valence-electron chi connectivity index (χ0n) is 4.66. The van der Waals surface area contributed by atoms with Crippen LogP contribution in [0.3, 0.4) is 0 Å². The number of carbonyl (C=O) groups excluding carboxylic acids is 1. The van der Waals surface area contributed by atoms with Crippen LogP contribution in [0.2, 0.25) is 0 Å². The Balaban J connectivity index is 2.58. The van der Waals surface area contributed by atoms with E-state index < -0.39 is 16.0 Å². The first-order valence-corrected chi connectivity index (χ1v) is 3.85. The lowest BCUT2D eigenvalue weighted by Crippen LogP contribution is -2.16. The Bertz CT molecular complexity index is 190. The lowest BCUT2D eigenvalue weighted by molar-refractivity contribution is -0.119. The second kappa shape index (κ2) is 2.34. The molecule has 0 aliphatic carbocycles. The Morgan fingerprint density at radius 3 is 2.44 bits per heavy atom. The standard InChI is InChI=1S/C4H7NO3S/c6-4-1-3(2-5-4)9(7)8/h3,9H,1-2H2,(H,5,6). The first-order chi connectivity index (χ1) is 4.20. The fraction of sp³-hybridized carbons (Fsp3) is 0.750. The lowest BCUT2D eigenvalue weighted by atomic mass is 10.4. The number of hydrogen-bond donors (Lipinski definition) is 2. The van der Waals surface area contributed by atoms with Gasteiger partial charge in [-0.05, 0) is 0 Å². The van der Waals surface area contributed by atoms with Gasteiger partial charge in [0.1, 0.15) is 10.7 Å². The summed E-state index contributed by atoms with van der Waals surface area (Å²) in [6, 6.07) is 0. The van der Waals surface area contributed by atoms with Gasteiger partial charge in [0, 0.05) is 13.0 Å². The van der Waals surface area contributed by atoms with Gasteiger partial charge in [0.15, 0.2) is 0 Å². The molecule has 1 amide bonds. The molecule has 1 atom stereocenters. The number of thiol groups is 1. The largest absolute Gasteiger partial charge is 0.355 e. The average molecular weight is 149 g/mol. The second-order valence-electron chi connectivity index (χ2n) is 1.95. The molecule has 0 aromatic carbocycles. The van der Waals surface area contributed by atoms with Gasteiger partial charge in [0.2, 0.25) is 5.91 Å². The third kappa shape index (κ3) is 1.41. The molecule has 0 aromatic rings.